The fraction of sp³-hybridized carbons (Fsp3) is 0.304. The number of pyridine rings is 1. The van der Waals surface area contributed by atoms with E-state index in [1.807, 2.05) is 29.9 Å². The van der Waals surface area contributed by atoms with E-state index in [4.69, 9.17) is 4.52 Å². The average molecular weight is 470 g/mol. The zero-order valence-corrected chi connectivity index (χ0v) is 18.3. The van der Waals surface area contributed by atoms with Crippen LogP contribution in [0.5, 0.6) is 5.75 Å². The molecule has 0 N–H and O–H groups in total. The summed E-state index contributed by atoms with van der Waals surface area (Å²) >= 11 is 0. The molecule has 0 amide bonds. The van der Waals surface area contributed by atoms with Crippen molar-refractivity contribution in [2.45, 2.75) is 32.7 Å². The Kier molecular flexibility index (Phi) is 5.68. The van der Waals surface area contributed by atoms with Crippen molar-refractivity contribution in [2.24, 2.45) is 0 Å². The number of ether oxygens (including phenoxy) is 1. The normalized spacial score (nSPS) is 14.1. The van der Waals surface area contributed by atoms with E-state index in [0.717, 1.165) is 30.2 Å². The topological polar surface area (TPSA) is 82.1 Å². The van der Waals surface area contributed by atoms with Crippen LogP contribution in [0.15, 0.2) is 53.2 Å². The Morgan fingerprint density at radius 3 is 2.56 bits per heavy atom. The number of halogens is 3. The number of aryl methyl sites for hydroxylation is 1. The van der Waals surface area contributed by atoms with Crippen molar-refractivity contribution < 1.29 is 22.4 Å². The van der Waals surface area contributed by atoms with Crippen LogP contribution in [0.2, 0.25) is 0 Å². The number of hydrogen-bond donors (Lipinski definition) is 0. The highest BCUT2D eigenvalue weighted by Gasteiger charge is 2.31. The Labute approximate surface area is 193 Å². The molecular formula is C23H21F3N6O2. The molecule has 1 aromatic carbocycles. The van der Waals surface area contributed by atoms with Crippen LogP contribution in [0, 0.1) is 6.92 Å². The van der Waals surface area contributed by atoms with Gasteiger partial charge in [-0.25, -0.2) is 4.98 Å². The first-order valence-electron chi connectivity index (χ1n) is 10.8. The lowest BCUT2D eigenvalue weighted by molar-refractivity contribution is -0.274. The van der Waals surface area contributed by atoms with Crippen molar-refractivity contribution >= 4 is 5.82 Å². The van der Waals surface area contributed by atoms with Gasteiger partial charge in [0.15, 0.2) is 5.69 Å². The maximum Gasteiger partial charge on any atom is 0.573 e. The summed E-state index contributed by atoms with van der Waals surface area (Å²) in [5.74, 6) is 1.12. The largest absolute Gasteiger partial charge is 0.573 e. The molecule has 1 aliphatic heterocycles. The molecule has 0 radical (unpaired) electrons. The lowest BCUT2D eigenvalue weighted by Crippen LogP contribution is -2.19. The van der Waals surface area contributed by atoms with Crippen LogP contribution in [0.1, 0.15) is 24.1 Å². The maximum atomic E-state index is 12.3. The number of rotatable bonds is 6. The van der Waals surface area contributed by atoms with Crippen molar-refractivity contribution in [1.82, 2.24) is 24.9 Å². The number of hydrogen-bond acceptors (Lipinski definition) is 7. The molecule has 0 saturated carbocycles. The van der Waals surface area contributed by atoms with Crippen LogP contribution >= 0.6 is 0 Å². The average Bonchev–Trinajstić information content (AvgIpc) is 3.55. The highest BCUT2D eigenvalue weighted by atomic mass is 19.4. The summed E-state index contributed by atoms with van der Waals surface area (Å²) in [6.45, 7) is 4.56. The van der Waals surface area contributed by atoms with Gasteiger partial charge in [-0.15, -0.1) is 13.2 Å². The van der Waals surface area contributed by atoms with E-state index in [0.29, 0.717) is 17.8 Å². The Balaban J connectivity index is 1.31. The fourth-order valence-electron chi connectivity index (χ4n) is 3.88. The van der Waals surface area contributed by atoms with Crippen molar-refractivity contribution in [3.8, 4) is 28.7 Å². The minimum atomic E-state index is -4.75. The summed E-state index contributed by atoms with van der Waals surface area (Å²) in [4.78, 5) is 11.1. The first kappa shape index (κ1) is 21.9. The van der Waals surface area contributed by atoms with Gasteiger partial charge in [0.1, 0.15) is 11.6 Å². The molecule has 176 valence electrons. The van der Waals surface area contributed by atoms with Gasteiger partial charge < -0.3 is 14.2 Å². The third kappa shape index (κ3) is 4.87. The summed E-state index contributed by atoms with van der Waals surface area (Å²) in [6, 6.07) is 11.2. The molecule has 4 heterocycles. The van der Waals surface area contributed by atoms with Crippen LogP contribution in [0.4, 0.5) is 19.0 Å². The van der Waals surface area contributed by atoms with Gasteiger partial charge in [-0.2, -0.15) is 10.1 Å². The number of alkyl halides is 3. The van der Waals surface area contributed by atoms with Gasteiger partial charge in [0, 0.05) is 30.5 Å². The molecule has 0 aliphatic carbocycles. The van der Waals surface area contributed by atoms with Gasteiger partial charge in [0.25, 0.3) is 5.89 Å². The number of nitrogens with zero attached hydrogens (tertiary/aromatic N) is 6. The molecule has 0 atom stereocenters. The molecular weight excluding hydrogens is 449 g/mol. The van der Waals surface area contributed by atoms with E-state index in [9.17, 15) is 13.2 Å². The van der Waals surface area contributed by atoms with E-state index in [2.05, 4.69) is 35.9 Å². The van der Waals surface area contributed by atoms with Crippen molar-refractivity contribution in [2.75, 3.05) is 18.0 Å². The van der Waals surface area contributed by atoms with Gasteiger partial charge in [-0.1, -0.05) is 5.16 Å². The smallest absolute Gasteiger partial charge is 0.406 e. The Bertz CT molecular complexity index is 1280. The molecule has 3 aromatic heterocycles. The van der Waals surface area contributed by atoms with Crippen LogP contribution in [0.25, 0.3) is 23.0 Å². The molecule has 8 nitrogen and oxygen atoms in total. The SMILES string of the molecule is Cc1cc(-c2nc(-c3ccc(OC(F)(F)F)cc3)no2)nn1Cc1ccnc(N2CCCC2)c1. The molecule has 34 heavy (non-hydrogen) atoms. The number of aromatic nitrogens is 5. The minimum absolute atomic E-state index is 0.222. The molecule has 11 heteroatoms. The van der Waals surface area contributed by atoms with Crippen LogP contribution < -0.4 is 9.64 Å². The Hall–Kier alpha value is -3.89. The van der Waals surface area contributed by atoms with E-state index >= 15 is 0 Å². The van der Waals surface area contributed by atoms with Crippen molar-refractivity contribution in [3.05, 3.63) is 59.9 Å². The molecule has 4 aromatic rings. The molecule has 0 bridgehead atoms. The van der Waals surface area contributed by atoms with E-state index in [1.165, 1.54) is 37.1 Å². The molecule has 1 saturated heterocycles. The third-order valence-electron chi connectivity index (χ3n) is 5.54. The second-order valence-corrected chi connectivity index (χ2v) is 8.04. The number of benzene rings is 1. The predicted molar refractivity (Wildman–Crippen MR) is 117 cm³/mol. The Morgan fingerprint density at radius 1 is 1.06 bits per heavy atom. The summed E-state index contributed by atoms with van der Waals surface area (Å²) < 4.78 is 48.1. The summed E-state index contributed by atoms with van der Waals surface area (Å²) in [5, 5.41) is 8.54. The zero-order valence-electron chi connectivity index (χ0n) is 18.3. The molecule has 0 unspecified atom stereocenters. The van der Waals surface area contributed by atoms with E-state index in [1.54, 1.807) is 0 Å². The molecule has 0 spiro atoms. The molecule has 1 aliphatic rings. The van der Waals surface area contributed by atoms with Crippen LogP contribution in [-0.2, 0) is 6.54 Å². The predicted octanol–water partition coefficient (Wildman–Crippen LogP) is 4.85. The van der Waals surface area contributed by atoms with Gasteiger partial charge in [-0.05, 0) is 67.8 Å². The van der Waals surface area contributed by atoms with Gasteiger partial charge >= 0.3 is 6.36 Å². The van der Waals surface area contributed by atoms with Gasteiger partial charge in [0.05, 0.1) is 6.54 Å². The molecule has 1 fully saturated rings. The fourth-order valence-corrected chi connectivity index (χ4v) is 3.88. The van der Waals surface area contributed by atoms with E-state index < -0.39 is 6.36 Å². The van der Waals surface area contributed by atoms with Gasteiger partial charge in [0.2, 0.25) is 5.82 Å². The van der Waals surface area contributed by atoms with Gasteiger partial charge in [-0.3, -0.25) is 4.68 Å². The van der Waals surface area contributed by atoms with Crippen LogP contribution in [0.3, 0.4) is 0 Å². The van der Waals surface area contributed by atoms with E-state index in [-0.39, 0.29) is 17.5 Å². The summed E-state index contributed by atoms with van der Waals surface area (Å²) in [7, 11) is 0. The first-order valence-corrected chi connectivity index (χ1v) is 10.8. The summed E-state index contributed by atoms with van der Waals surface area (Å²) in [6.07, 6.45) is -0.558. The standard InChI is InChI=1S/C23H21F3N6O2/c1-15-12-19(29-32(15)14-16-8-9-27-20(13-16)31-10-2-3-11-31)22-28-21(30-34-22)17-4-6-18(7-5-17)33-23(24,25)26/h4-9,12-13H,2-3,10-11,14H2,1H3. The third-order valence-corrected chi connectivity index (χ3v) is 5.54. The van der Waals surface area contributed by atoms with Crippen molar-refractivity contribution in [1.29, 1.82) is 0 Å². The lowest BCUT2D eigenvalue weighted by atomic mass is 10.2. The first-order chi connectivity index (χ1) is 16.3. The second-order valence-electron chi connectivity index (χ2n) is 8.04. The van der Waals surface area contributed by atoms with Crippen molar-refractivity contribution in [3.63, 3.8) is 0 Å². The monoisotopic (exact) mass is 470 g/mol. The minimum Gasteiger partial charge on any atom is -0.406 e. The quantitative estimate of drug-likeness (QED) is 0.398. The maximum absolute atomic E-state index is 12.3. The Morgan fingerprint density at radius 2 is 1.82 bits per heavy atom. The highest BCUT2D eigenvalue weighted by Crippen LogP contribution is 2.27. The number of anilines is 1. The lowest BCUT2D eigenvalue weighted by Gasteiger charge is -2.17. The molecule has 5 rings (SSSR count). The highest BCUT2D eigenvalue weighted by molar-refractivity contribution is 5.59. The zero-order chi connectivity index (χ0) is 23.7. The summed E-state index contributed by atoms with van der Waals surface area (Å²) in [5.41, 5.74) is 3.01. The second kappa shape index (κ2) is 8.81. The van der Waals surface area contributed by atoms with Crippen LogP contribution in [-0.4, -0.2) is 44.4 Å².